The first kappa shape index (κ1) is 8.60. The molecule has 0 radical (unpaired) electrons. The molecule has 3 unspecified atom stereocenters. The Morgan fingerprint density at radius 2 is 2.21 bits per heavy atom. The fourth-order valence-electron chi connectivity index (χ4n) is 3.10. The first-order valence-corrected chi connectivity index (χ1v) is 5.54. The van der Waals surface area contributed by atoms with Crippen LogP contribution in [0.4, 0.5) is 5.82 Å². The van der Waals surface area contributed by atoms with Gasteiger partial charge in [-0.2, -0.15) is 0 Å². The Hall–Kier alpha value is -0.700. The molecule has 3 atom stereocenters. The summed E-state index contributed by atoms with van der Waals surface area (Å²) >= 11 is 6.04. The molecule has 0 spiro atoms. The molecule has 2 aliphatic rings. The summed E-state index contributed by atoms with van der Waals surface area (Å²) in [6.07, 6.45) is 5.23. The molecule has 0 amide bonds. The Morgan fingerprint density at radius 1 is 1.36 bits per heavy atom. The minimum Gasteiger partial charge on any atom is -0.380 e. The Kier molecular flexibility index (Phi) is 1.78. The van der Waals surface area contributed by atoms with Gasteiger partial charge < -0.3 is 10.3 Å². The molecule has 2 aliphatic carbocycles. The second-order valence-corrected chi connectivity index (χ2v) is 4.91. The van der Waals surface area contributed by atoms with Crippen molar-refractivity contribution in [2.75, 3.05) is 5.73 Å². The van der Waals surface area contributed by atoms with Gasteiger partial charge in [0.05, 0.1) is 0 Å². The third-order valence-corrected chi connectivity index (χ3v) is 4.14. The number of halogens is 1. The predicted molar refractivity (Wildman–Crippen MR) is 54.1 cm³/mol. The van der Waals surface area contributed by atoms with Crippen molar-refractivity contribution in [3.05, 3.63) is 10.8 Å². The fourth-order valence-corrected chi connectivity index (χ4v) is 3.31. The van der Waals surface area contributed by atoms with Gasteiger partial charge in [0, 0.05) is 5.92 Å². The van der Waals surface area contributed by atoms with E-state index < -0.39 is 0 Å². The molecular formula is C10H13ClN2O. The monoisotopic (exact) mass is 212 g/mol. The number of nitrogen functional groups attached to an aromatic ring is 1. The van der Waals surface area contributed by atoms with Crippen molar-refractivity contribution >= 4 is 17.4 Å². The number of aromatic nitrogens is 1. The summed E-state index contributed by atoms with van der Waals surface area (Å²) in [6.45, 7) is 0. The van der Waals surface area contributed by atoms with Crippen molar-refractivity contribution in [2.45, 2.75) is 31.6 Å². The normalized spacial score (nSPS) is 35.4. The lowest BCUT2D eigenvalue weighted by atomic mass is 9.87. The van der Waals surface area contributed by atoms with Crippen LogP contribution in [0.1, 0.15) is 37.4 Å². The summed E-state index contributed by atoms with van der Waals surface area (Å²) in [5.74, 6) is 3.28. The number of rotatable bonds is 1. The molecule has 0 saturated heterocycles. The SMILES string of the molecule is Nc1noc(C2CC3CCC2C3)c1Cl. The molecule has 3 rings (SSSR count). The standard InChI is InChI=1S/C10H13ClN2O/c11-8-9(14-13-10(8)12)7-4-5-1-2-6(7)3-5/h5-7H,1-4H2,(H2,12,13). The van der Waals surface area contributed by atoms with Crippen LogP contribution < -0.4 is 5.73 Å². The van der Waals surface area contributed by atoms with Gasteiger partial charge >= 0.3 is 0 Å². The van der Waals surface area contributed by atoms with Gasteiger partial charge in [0.2, 0.25) is 0 Å². The molecule has 76 valence electrons. The number of hydrogen-bond acceptors (Lipinski definition) is 3. The molecule has 2 saturated carbocycles. The van der Waals surface area contributed by atoms with E-state index in [1.165, 1.54) is 25.7 Å². The molecule has 1 aromatic rings. The van der Waals surface area contributed by atoms with E-state index in [2.05, 4.69) is 5.16 Å². The number of hydrogen-bond donors (Lipinski definition) is 1. The van der Waals surface area contributed by atoms with Crippen LogP contribution >= 0.6 is 11.6 Å². The second-order valence-electron chi connectivity index (χ2n) is 4.53. The van der Waals surface area contributed by atoms with Crippen LogP contribution in [0.5, 0.6) is 0 Å². The third kappa shape index (κ3) is 1.08. The molecule has 2 fully saturated rings. The summed E-state index contributed by atoms with van der Waals surface area (Å²) in [5.41, 5.74) is 5.57. The quantitative estimate of drug-likeness (QED) is 0.779. The van der Waals surface area contributed by atoms with Gasteiger partial charge in [-0.3, -0.25) is 0 Å². The maximum atomic E-state index is 6.04. The van der Waals surface area contributed by atoms with Crippen molar-refractivity contribution in [3.8, 4) is 0 Å². The van der Waals surface area contributed by atoms with Crippen LogP contribution in [-0.2, 0) is 0 Å². The molecule has 14 heavy (non-hydrogen) atoms. The second kappa shape index (κ2) is 2.89. The van der Waals surface area contributed by atoms with Crippen LogP contribution in [0.3, 0.4) is 0 Å². The zero-order valence-electron chi connectivity index (χ0n) is 7.87. The smallest absolute Gasteiger partial charge is 0.186 e. The van der Waals surface area contributed by atoms with Gasteiger partial charge in [-0.1, -0.05) is 23.2 Å². The fraction of sp³-hybridized carbons (Fsp3) is 0.700. The van der Waals surface area contributed by atoms with Crippen molar-refractivity contribution in [2.24, 2.45) is 11.8 Å². The maximum Gasteiger partial charge on any atom is 0.186 e. The van der Waals surface area contributed by atoms with E-state index in [0.717, 1.165) is 17.6 Å². The van der Waals surface area contributed by atoms with Crippen LogP contribution in [0, 0.1) is 11.8 Å². The van der Waals surface area contributed by atoms with Gasteiger partial charge in [-0.15, -0.1) is 0 Å². The molecule has 1 aromatic heterocycles. The lowest BCUT2D eigenvalue weighted by molar-refractivity contribution is 0.311. The first-order valence-electron chi connectivity index (χ1n) is 5.16. The summed E-state index contributed by atoms with van der Waals surface area (Å²) in [7, 11) is 0. The average Bonchev–Trinajstić information content (AvgIpc) is 2.84. The minimum atomic E-state index is 0.337. The third-order valence-electron chi connectivity index (χ3n) is 3.76. The summed E-state index contributed by atoms with van der Waals surface area (Å²) in [4.78, 5) is 0. The zero-order valence-corrected chi connectivity index (χ0v) is 8.63. The van der Waals surface area contributed by atoms with Crippen molar-refractivity contribution in [3.63, 3.8) is 0 Å². The largest absolute Gasteiger partial charge is 0.380 e. The highest BCUT2D eigenvalue weighted by Gasteiger charge is 2.43. The summed E-state index contributed by atoms with van der Waals surface area (Å²) < 4.78 is 5.22. The molecule has 0 aromatic carbocycles. The van der Waals surface area contributed by atoms with Gasteiger partial charge in [0.1, 0.15) is 5.02 Å². The van der Waals surface area contributed by atoms with Gasteiger partial charge in [-0.05, 0) is 31.1 Å². The van der Waals surface area contributed by atoms with Crippen molar-refractivity contribution in [1.82, 2.24) is 5.16 Å². The first-order chi connectivity index (χ1) is 6.75. The van der Waals surface area contributed by atoms with Crippen LogP contribution in [0.15, 0.2) is 4.52 Å². The van der Waals surface area contributed by atoms with E-state index in [1.807, 2.05) is 0 Å². The zero-order chi connectivity index (χ0) is 9.71. The molecular weight excluding hydrogens is 200 g/mol. The molecule has 1 heterocycles. The molecule has 4 heteroatoms. The highest BCUT2D eigenvalue weighted by Crippen LogP contribution is 2.54. The highest BCUT2D eigenvalue weighted by molar-refractivity contribution is 6.33. The average molecular weight is 213 g/mol. The summed E-state index contributed by atoms with van der Waals surface area (Å²) in [5, 5.41) is 4.26. The molecule has 3 nitrogen and oxygen atoms in total. The van der Waals surface area contributed by atoms with Crippen LogP contribution in [0.2, 0.25) is 5.02 Å². The number of nitrogens with zero attached hydrogens (tertiary/aromatic N) is 1. The molecule has 0 aliphatic heterocycles. The number of anilines is 1. The van der Waals surface area contributed by atoms with E-state index in [1.54, 1.807) is 0 Å². The number of fused-ring (bicyclic) bond motifs is 2. The summed E-state index contributed by atoms with van der Waals surface area (Å²) in [6, 6.07) is 0. The van der Waals surface area contributed by atoms with Gasteiger partial charge in [0.25, 0.3) is 0 Å². The number of nitrogens with two attached hydrogens (primary N) is 1. The van der Waals surface area contributed by atoms with Gasteiger partial charge in [0.15, 0.2) is 11.6 Å². The molecule has 2 bridgehead atoms. The van der Waals surface area contributed by atoms with Crippen LogP contribution in [0.25, 0.3) is 0 Å². The van der Waals surface area contributed by atoms with E-state index in [0.29, 0.717) is 16.8 Å². The topological polar surface area (TPSA) is 52.0 Å². The highest BCUT2D eigenvalue weighted by atomic mass is 35.5. The van der Waals surface area contributed by atoms with Crippen molar-refractivity contribution < 1.29 is 4.52 Å². The van der Waals surface area contributed by atoms with Crippen molar-refractivity contribution in [1.29, 1.82) is 0 Å². The van der Waals surface area contributed by atoms with Gasteiger partial charge in [-0.25, -0.2) is 0 Å². The van der Waals surface area contributed by atoms with E-state index >= 15 is 0 Å². The Morgan fingerprint density at radius 3 is 2.71 bits per heavy atom. The minimum absolute atomic E-state index is 0.337. The molecule has 2 N–H and O–H groups in total. The van der Waals surface area contributed by atoms with E-state index in [-0.39, 0.29) is 0 Å². The lowest BCUT2D eigenvalue weighted by Crippen LogP contribution is -2.07. The van der Waals surface area contributed by atoms with E-state index in [4.69, 9.17) is 21.9 Å². The lowest BCUT2D eigenvalue weighted by Gasteiger charge is -2.18. The maximum absolute atomic E-state index is 6.04. The van der Waals surface area contributed by atoms with E-state index in [9.17, 15) is 0 Å². The van der Waals surface area contributed by atoms with Crippen LogP contribution in [-0.4, -0.2) is 5.16 Å². The predicted octanol–water partition coefficient (Wildman–Crippen LogP) is 2.81. The Labute approximate surface area is 87.6 Å². The Bertz CT molecular complexity index is 363. The Balaban J connectivity index is 1.93.